The summed E-state index contributed by atoms with van der Waals surface area (Å²) in [4.78, 5) is 31.0. The van der Waals surface area contributed by atoms with Gasteiger partial charge in [-0.15, -0.1) is 0 Å². The predicted molar refractivity (Wildman–Crippen MR) is 135 cm³/mol. The molecule has 0 saturated carbocycles. The molecule has 0 spiro atoms. The summed E-state index contributed by atoms with van der Waals surface area (Å²) in [6.45, 7) is 0.854. The number of amides is 1. The number of nitrogens with one attached hydrogen (secondary N) is 1. The lowest BCUT2D eigenvalue weighted by molar-refractivity contribution is -0.121. The van der Waals surface area contributed by atoms with Crippen LogP contribution in [-0.2, 0) is 24.3 Å². The number of para-hydroxylation sites is 1. The quantitative estimate of drug-likeness (QED) is 0.383. The van der Waals surface area contributed by atoms with Gasteiger partial charge in [-0.3, -0.25) is 14.2 Å². The second-order valence-corrected chi connectivity index (χ2v) is 8.56. The lowest BCUT2D eigenvalue weighted by atomic mass is 10.1. The van der Waals surface area contributed by atoms with Gasteiger partial charge in [0.15, 0.2) is 0 Å². The predicted octanol–water partition coefficient (Wildman–Crippen LogP) is 4.41. The molecular weight excluding hydrogens is 448 g/mol. The van der Waals surface area contributed by atoms with Crippen LogP contribution in [0.25, 0.3) is 21.9 Å². The summed E-state index contributed by atoms with van der Waals surface area (Å²) >= 11 is 6.31. The van der Waals surface area contributed by atoms with Crippen molar-refractivity contribution >= 4 is 39.4 Å². The van der Waals surface area contributed by atoms with Crippen LogP contribution in [-0.4, -0.2) is 26.6 Å². The molecule has 1 amide bonds. The summed E-state index contributed by atoms with van der Waals surface area (Å²) in [6, 6.07) is 25.1. The average molecular weight is 471 g/mol. The van der Waals surface area contributed by atoms with Gasteiger partial charge in [0.2, 0.25) is 5.91 Å². The molecule has 2 aromatic heterocycles. The first-order valence-corrected chi connectivity index (χ1v) is 11.5. The molecule has 0 aliphatic carbocycles. The van der Waals surface area contributed by atoms with Crippen molar-refractivity contribution in [3.05, 3.63) is 112 Å². The van der Waals surface area contributed by atoms with Gasteiger partial charge in [-0.25, -0.2) is 4.98 Å². The minimum absolute atomic E-state index is 0.0336. The van der Waals surface area contributed by atoms with Crippen LogP contribution in [0.2, 0.25) is 5.02 Å². The van der Waals surface area contributed by atoms with Gasteiger partial charge in [-0.1, -0.05) is 78.3 Å². The first-order valence-electron chi connectivity index (χ1n) is 11.1. The third-order valence-electron chi connectivity index (χ3n) is 5.91. The summed E-state index contributed by atoms with van der Waals surface area (Å²) in [5.41, 5.74) is 3.58. The minimum atomic E-state index is -0.210. The van der Waals surface area contributed by atoms with E-state index in [1.165, 1.54) is 4.57 Å². The monoisotopic (exact) mass is 470 g/mol. The molecular formula is C27H23ClN4O2. The van der Waals surface area contributed by atoms with Gasteiger partial charge in [-0.2, -0.15) is 0 Å². The summed E-state index contributed by atoms with van der Waals surface area (Å²) < 4.78 is 3.30. The Hall–Kier alpha value is -3.90. The highest BCUT2D eigenvalue weighted by Gasteiger charge is 2.18. The smallest absolute Gasteiger partial charge is 0.278 e. The molecule has 34 heavy (non-hydrogen) atoms. The van der Waals surface area contributed by atoms with Crippen molar-refractivity contribution in [2.75, 3.05) is 6.54 Å². The first kappa shape index (κ1) is 21.9. The maximum atomic E-state index is 13.5. The molecule has 5 aromatic rings. The zero-order valence-corrected chi connectivity index (χ0v) is 19.2. The van der Waals surface area contributed by atoms with Crippen molar-refractivity contribution in [3.8, 4) is 0 Å². The van der Waals surface area contributed by atoms with Gasteiger partial charge in [0, 0.05) is 17.0 Å². The SMILES string of the molecule is O=C(Cn1c2ccccc2c2ncn(Cc3ccccc3Cl)c(=O)c21)NCCc1ccccc1. The number of benzene rings is 3. The largest absolute Gasteiger partial charge is 0.354 e. The van der Waals surface area contributed by atoms with E-state index < -0.39 is 0 Å². The van der Waals surface area contributed by atoms with Crippen molar-refractivity contribution in [3.63, 3.8) is 0 Å². The molecule has 0 aliphatic heterocycles. The molecule has 0 saturated heterocycles. The Morgan fingerprint density at radius 3 is 2.50 bits per heavy atom. The van der Waals surface area contributed by atoms with E-state index in [-0.39, 0.29) is 18.0 Å². The average Bonchev–Trinajstić information content (AvgIpc) is 3.17. The summed E-state index contributed by atoms with van der Waals surface area (Å²) in [6.07, 6.45) is 2.29. The van der Waals surface area contributed by atoms with Crippen LogP contribution >= 0.6 is 11.6 Å². The fraction of sp³-hybridized carbons (Fsp3) is 0.148. The van der Waals surface area contributed by atoms with Gasteiger partial charge in [0.05, 0.1) is 18.4 Å². The number of aromatic nitrogens is 3. The number of halogens is 1. The molecule has 0 radical (unpaired) electrons. The van der Waals surface area contributed by atoms with Crippen LogP contribution in [0.3, 0.4) is 0 Å². The van der Waals surface area contributed by atoms with Crippen molar-refractivity contribution in [1.82, 2.24) is 19.4 Å². The Bertz CT molecular complexity index is 1540. The van der Waals surface area contributed by atoms with E-state index in [2.05, 4.69) is 10.3 Å². The standard InChI is InChI=1S/C27H23ClN4O2/c28-22-12-6-4-10-20(22)16-31-18-30-25-21-11-5-7-13-23(21)32(26(25)27(31)34)17-24(33)29-15-14-19-8-2-1-3-9-19/h1-13,18H,14-17H2,(H,29,33). The number of hydrogen-bond donors (Lipinski definition) is 1. The molecule has 0 bridgehead atoms. The van der Waals surface area contributed by atoms with E-state index in [9.17, 15) is 9.59 Å². The molecule has 3 aromatic carbocycles. The van der Waals surface area contributed by atoms with Gasteiger partial charge in [-0.05, 0) is 29.7 Å². The van der Waals surface area contributed by atoms with Crippen LogP contribution in [0.1, 0.15) is 11.1 Å². The molecule has 0 aliphatic rings. The van der Waals surface area contributed by atoms with Crippen LogP contribution < -0.4 is 10.9 Å². The third kappa shape index (κ3) is 4.32. The normalized spacial score (nSPS) is 11.2. The second kappa shape index (κ2) is 9.53. The fourth-order valence-corrected chi connectivity index (χ4v) is 4.42. The van der Waals surface area contributed by atoms with Crippen LogP contribution in [0, 0.1) is 0 Å². The van der Waals surface area contributed by atoms with E-state index in [4.69, 9.17) is 11.6 Å². The Morgan fingerprint density at radius 2 is 1.68 bits per heavy atom. The zero-order valence-electron chi connectivity index (χ0n) is 18.4. The van der Waals surface area contributed by atoms with Crippen LogP contribution in [0.15, 0.2) is 90.0 Å². The van der Waals surface area contributed by atoms with Gasteiger partial charge in [0.25, 0.3) is 5.56 Å². The number of fused-ring (bicyclic) bond motifs is 3. The highest BCUT2D eigenvalue weighted by atomic mass is 35.5. The maximum Gasteiger partial charge on any atom is 0.278 e. The molecule has 0 atom stereocenters. The Labute approximate surface area is 201 Å². The summed E-state index contributed by atoms with van der Waals surface area (Å²) in [5.74, 6) is -0.153. The molecule has 5 rings (SSSR count). The number of rotatable bonds is 7. The summed E-state index contributed by atoms with van der Waals surface area (Å²) in [7, 11) is 0. The Kier molecular flexibility index (Phi) is 6.14. The van der Waals surface area contributed by atoms with Crippen molar-refractivity contribution in [2.24, 2.45) is 0 Å². The molecule has 0 fully saturated rings. The molecule has 2 heterocycles. The number of carbonyl (C=O) groups is 1. The fourth-order valence-electron chi connectivity index (χ4n) is 4.23. The maximum absolute atomic E-state index is 13.5. The minimum Gasteiger partial charge on any atom is -0.354 e. The van der Waals surface area contributed by atoms with Crippen LogP contribution in [0.5, 0.6) is 0 Å². The molecule has 1 N–H and O–H groups in total. The first-order chi connectivity index (χ1) is 16.6. The molecule has 0 unspecified atom stereocenters. The Morgan fingerprint density at radius 1 is 0.941 bits per heavy atom. The molecule has 7 heteroatoms. The topological polar surface area (TPSA) is 68.9 Å². The third-order valence-corrected chi connectivity index (χ3v) is 6.28. The molecule has 170 valence electrons. The number of hydrogen-bond acceptors (Lipinski definition) is 3. The highest BCUT2D eigenvalue weighted by Crippen LogP contribution is 2.25. The van der Waals surface area contributed by atoms with Crippen molar-refractivity contribution in [2.45, 2.75) is 19.5 Å². The second-order valence-electron chi connectivity index (χ2n) is 8.16. The van der Waals surface area contributed by atoms with Crippen molar-refractivity contribution in [1.29, 1.82) is 0 Å². The van der Waals surface area contributed by atoms with E-state index >= 15 is 0 Å². The van der Waals surface area contributed by atoms with Crippen molar-refractivity contribution < 1.29 is 4.79 Å². The number of carbonyl (C=O) groups excluding carboxylic acids is 1. The van der Waals surface area contributed by atoms with E-state index in [1.54, 1.807) is 17.0 Å². The number of nitrogens with zero attached hydrogens (tertiary/aromatic N) is 3. The van der Waals surface area contributed by atoms with Gasteiger partial charge < -0.3 is 9.88 Å². The van der Waals surface area contributed by atoms with Gasteiger partial charge >= 0.3 is 0 Å². The van der Waals surface area contributed by atoms with Gasteiger partial charge in [0.1, 0.15) is 17.6 Å². The Balaban J connectivity index is 1.47. The van der Waals surface area contributed by atoms with E-state index in [0.717, 1.165) is 28.5 Å². The lowest BCUT2D eigenvalue weighted by Crippen LogP contribution is -2.31. The van der Waals surface area contributed by atoms with E-state index in [0.29, 0.717) is 29.1 Å². The zero-order chi connectivity index (χ0) is 23.5. The highest BCUT2D eigenvalue weighted by molar-refractivity contribution is 6.31. The summed E-state index contributed by atoms with van der Waals surface area (Å²) in [5, 5.41) is 4.41. The van der Waals surface area contributed by atoms with Crippen LogP contribution in [0.4, 0.5) is 0 Å². The van der Waals surface area contributed by atoms with E-state index in [1.807, 2.05) is 72.8 Å². The lowest BCUT2D eigenvalue weighted by Gasteiger charge is -2.10. The molecule has 6 nitrogen and oxygen atoms in total.